The first-order valence-corrected chi connectivity index (χ1v) is 8.42. The Hall–Kier alpha value is -0.610. The van der Waals surface area contributed by atoms with Gasteiger partial charge in [-0.05, 0) is 46.1 Å². The average Bonchev–Trinajstić information content (AvgIpc) is 2.77. The van der Waals surface area contributed by atoms with Gasteiger partial charge in [0, 0.05) is 31.7 Å². The predicted octanol–water partition coefficient (Wildman–Crippen LogP) is 1.85. The van der Waals surface area contributed by atoms with E-state index in [9.17, 15) is 4.79 Å². The number of hydrogen-bond donors (Lipinski definition) is 1. The first-order chi connectivity index (χ1) is 9.66. The second-order valence-corrected chi connectivity index (χ2v) is 6.61. The van der Waals surface area contributed by atoms with Crippen LogP contribution in [0.5, 0.6) is 0 Å². The number of nitrogens with zero attached hydrogens (tertiary/aromatic N) is 2. The maximum Gasteiger partial charge on any atom is 0.236 e. The van der Waals surface area contributed by atoms with Crippen LogP contribution in [0.1, 0.15) is 52.4 Å². The van der Waals surface area contributed by atoms with E-state index in [1.165, 1.54) is 38.5 Å². The zero-order valence-electron chi connectivity index (χ0n) is 13.2. The third kappa shape index (κ3) is 4.74. The molecule has 2 saturated heterocycles. The van der Waals surface area contributed by atoms with Crippen LogP contribution in [-0.2, 0) is 4.79 Å². The van der Waals surface area contributed by atoms with E-state index in [0.29, 0.717) is 24.5 Å². The molecule has 0 bridgehead atoms. The fourth-order valence-electron chi connectivity index (χ4n) is 3.25. The van der Waals surface area contributed by atoms with Gasteiger partial charge in [0.05, 0.1) is 6.54 Å². The standard InChI is InChI=1S/C16H31N3O/c1-14(2)19(12-15-8-7-9-17-15)13-16(20)18-10-5-3-4-6-11-18/h14-15,17H,3-13H2,1-2H3. The van der Waals surface area contributed by atoms with Crippen molar-refractivity contribution in [2.75, 3.05) is 32.7 Å². The zero-order valence-corrected chi connectivity index (χ0v) is 13.2. The Morgan fingerprint density at radius 1 is 1.20 bits per heavy atom. The first-order valence-electron chi connectivity index (χ1n) is 8.42. The zero-order chi connectivity index (χ0) is 14.4. The molecule has 1 amide bonds. The minimum Gasteiger partial charge on any atom is -0.342 e. The van der Waals surface area contributed by atoms with Crippen molar-refractivity contribution in [1.82, 2.24) is 15.1 Å². The molecule has 2 fully saturated rings. The molecule has 0 aromatic rings. The highest BCUT2D eigenvalue weighted by Gasteiger charge is 2.23. The number of carbonyl (C=O) groups excluding carboxylic acids is 1. The molecule has 1 atom stereocenters. The molecule has 0 aliphatic carbocycles. The quantitative estimate of drug-likeness (QED) is 0.835. The van der Waals surface area contributed by atoms with Crippen LogP contribution in [0.25, 0.3) is 0 Å². The van der Waals surface area contributed by atoms with Gasteiger partial charge in [0.2, 0.25) is 5.91 Å². The van der Waals surface area contributed by atoms with Crippen molar-refractivity contribution in [1.29, 1.82) is 0 Å². The number of likely N-dealkylation sites (tertiary alicyclic amines) is 1. The SMILES string of the molecule is CC(C)N(CC(=O)N1CCCCCC1)CC1CCCN1. The van der Waals surface area contributed by atoms with E-state index in [1.54, 1.807) is 0 Å². The van der Waals surface area contributed by atoms with E-state index in [2.05, 4.69) is 29.0 Å². The maximum atomic E-state index is 12.5. The number of nitrogens with one attached hydrogen (secondary N) is 1. The number of amides is 1. The Labute approximate surface area is 123 Å². The van der Waals surface area contributed by atoms with Crippen LogP contribution >= 0.6 is 0 Å². The summed E-state index contributed by atoms with van der Waals surface area (Å²) >= 11 is 0. The number of hydrogen-bond acceptors (Lipinski definition) is 3. The van der Waals surface area contributed by atoms with E-state index in [-0.39, 0.29) is 0 Å². The molecule has 20 heavy (non-hydrogen) atoms. The van der Waals surface area contributed by atoms with Crippen molar-refractivity contribution in [2.24, 2.45) is 0 Å². The molecule has 2 heterocycles. The summed E-state index contributed by atoms with van der Waals surface area (Å²) in [5, 5.41) is 3.54. The Morgan fingerprint density at radius 2 is 1.90 bits per heavy atom. The van der Waals surface area contributed by atoms with Gasteiger partial charge in [-0.3, -0.25) is 9.69 Å². The topological polar surface area (TPSA) is 35.6 Å². The fourth-order valence-corrected chi connectivity index (χ4v) is 3.25. The van der Waals surface area contributed by atoms with Crippen LogP contribution in [0.2, 0.25) is 0 Å². The molecular formula is C16H31N3O. The van der Waals surface area contributed by atoms with Crippen molar-refractivity contribution < 1.29 is 4.79 Å². The monoisotopic (exact) mass is 281 g/mol. The summed E-state index contributed by atoms with van der Waals surface area (Å²) < 4.78 is 0. The van der Waals surface area contributed by atoms with E-state index in [4.69, 9.17) is 0 Å². The summed E-state index contributed by atoms with van der Waals surface area (Å²) in [5.41, 5.74) is 0. The minimum absolute atomic E-state index is 0.332. The predicted molar refractivity (Wildman–Crippen MR) is 82.8 cm³/mol. The lowest BCUT2D eigenvalue weighted by Crippen LogP contribution is -2.47. The van der Waals surface area contributed by atoms with Crippen LogP contribution in [0.4, 0.5) is 0 Å². The second-order valence-electron chi connectivity index (χ2n) is 6.61. The molecule has 4 heteroatoms. The number of carbonyl (C=O) groups is 1. The molecule has 4 nitrogen and oxygen atoms in total. The van der Waals surface area contributed by atoms with Crippen molar-refractivity contribution in [3.63, 3.8) is 0 Å². The molecule has 116 valence electrons. The first kappa shape index (κ1) is 15.8. The smallest absolute Gasteiger partial charge is 0.236 e. The lowest BCUT2D eigenvalue weighted by molar-refractivity contribution is -0.132. The summed E-state index contributed by atoms with van der Waals surface area (Å²) in [6.45, 7) is 9.07. The van der Waals surface area contributed by atoms with Crippen molar-refractivity contribution >= 4 is 5.91 Å². The Bertz CT molecular complexity index is 292. The molecule has 2 rings (SSSR count). The molecule has 1 unspecified atom stereocenters. The van der Waals surface area contributed by atoms with Crippen LogP contribution in [0.15, 0.2) is 0 Å². The summed E-state index contributed by atoms with van der Waals surface area (Å²) in [7, 11) is 0. The molecule has 2 aliphatic rings. The van der Waals surface area contributed by atoms with Gasteiger partial charge >= 0.3 is 0 Å². The van der Waals surface area contributed by atoms with Crippen LogP contribution in [-0.4, -0.2) is 60.5 Å². The summed E-state index contributed by atoms with van der Waals surface area (Å²) in [6.07, 6.45) is 7.44. The minimum atomic E-state index is 0.332. The normalized spacial score (nSPS) is 24.4. The van der Waals surface area contributed by atoms with Gasteiger partial charge < -0.3 is 10.2 Å². The van der Waals surface area contributed by atoms with Gasteiger partial charge in [-0.1, -0.05) is 12.8 Å². The van der Waals surface area contributed by atoms with Gasteiger partial charge in [-0.2, -0.15) is 0 Å². The highest BCUT2D eigenvalue weighted by molar-refractivity contribution is 5.78. The van der Waals surface area contributed by atoms with Crippen molar-refractivity contribution in [3.05, 3.63) is 0 Å². The van der Waals surface area contributed by atoms with E-state index in [0.717, 1.165) is 26.2 Å². The lowest BCUT2D eigenvalue weighted by Gasteiger charge is -2.31. The van der Waals surface area contributed by atoms with Gasteiger partial charge in [-0.15, -0.1) is 0 Å². The second kappa shape index (κ2) is 7.99. The molecule has 0 spiro atoms. The summed E-state index contributed by atoms with van der Waals surface area (Å²) in [6, 6.07) is 1.02. The fraction of sp³-hybridized carbons (Fsp3) is 0.938. The maximum absolute atomic E-state index is 12.5. The highest BCUT2D eigenvalue weighted by Crippen LogP contribution is 2.12. The van der Waals surface area contributed by atoms with Crippen LogP contribution in [0.3, 0.4) is 0 Å². The van der Waals surface area contributed by atoms with E-state index >= 15 is 0 Å². The number of rotatable bonds is 5. The van der Waals surface area contributed by atoms with Gasteiger partial charge in [0.1, 0.15) is 0 Å². The molecule has 2 aliphatic heterocycles. The Balaban J connectivity index is 1.84. The van der Waals surface area contributed by atoms with E-state index in [1.807, 2.05) is 0 Å². The van der Waals surface area contributed by atoms with Gasteiger partial charge in [-0.25, -0.2) is 0 Å². The lowest BCUT2D eigenvalue weighted by atomic mass is 10.2. The van der Waals surface area contributed by atoms with Crippen LogP contribution in [0, 0.1) is 0 Å². The molecule has 0 aromatic heterocycles. The van der Waals surface area contributed by atoms with Crippen molar-refractivity contribution in [3.8, 4) is 0 Å². The van der Waals surface area contributed by atoms with Gasteiger partial charge in [0.25, 0.3) is 0 Å². The highest BCUT2D eigenvalue weighted by atomic mass is 16.2. The largest absolute Gasteiger partial charge is 0.342 e. The molecule has 1 N–H and O–H groups in total. The Kier molecular flexibility index (Phi) is 6.30. The Morgan fingerprint density at radius 3 is 2.45 bits per heavy atom. The van der Waals surface area contributed by atoms with E-state index < -0.39 is 0 Å². The summed E-state index contributed by atoms with van der Waals surface area (Å²) in [5.74, 6) is 0.332. The average molecular weight is 281 g/mol. The third-order valence-corrected chi connectivity index (χ3v) is 4.64. The van der Waals surface area contributed by atoms with Crippen molar-refractivity contribution in [2.45, 2.75) is 64.5 Å². The third-order valence-electron chi connectivity index (χ3n) is 4.64. The van der Waals surface area contributed by atoms with Crippen LogP contribution < -0.4 is 5.32 Å². The molecule has 0 radical (unpaired) electrons. The molecule has 0 aromatic carbocycles. The van der Waals surface area contributed by atoms with Gasteiger partial charge in [0.15, 0.2) is 0 Å². The molecule has 0 saturated carbocycles. The molecular weight excluding hydrogens is 250 g/mol. The summed E-state index contributed by atoms with van der Waals surface area (Å²) in [4.78, 5) is 16.9.